The summed E-state index contributed by atoms with van der Waals surface area (Å²) in [4.78, 5) is 23.9. The standard InChI is InChI=1S/C22H32O5/c1-4-27-22(26)10-8-17-14-6-5-13-11-18(23)15(19(24)25)12-20(13,2)16(14)7-9-21(17,22)3/h11,14-17,26H,4-10,12H2,1-3H3,(H,24,25)/t14-,15?,16-,17+,20+,21+,22?/m1/s1. The predicted molar refractivity (Wildman–Crippen MR) is 99.8 cm³/mol. The number of aliphatic carboxylic acids is 1. The molecule has 4 rings (SSSR count). The first-order chi connectivity index (χ1) is 12.7. The average molecular weight is 376 g/mol. The largest absolute Gasteiger partial charge is 0.481 e. The van der Waals surface area contributed by atoms with Crippen LogP contribution >= 0.6 is 0 Å². The molecule has 150 valence electrons. The minimum absolute atomic E-state index is 0.215. The van der Waals surface area contributed by atoms with Crippen molar-refractivity contribution in [2.45, 2.75) is 71.5 Å². The van der Waals surface area contributed by atoms with Gasteiger partial charge in [-0.15, -0.1) is 0 Å². The van der Waals surface area contributed by atoms with Gasteiger partial charge in [0.1, 0.15) is 5.92 Å². The third-order valence-corrected chi connectivity index (χ3v) is 8.78. The summed E-state index contributed by atoms with van der Waals surface area (Å²) in [7, 11) is 0. The van der Waals surface area contributed by atoms with Gasteiger partial charge in [-0.05, 0) is 74.7 Å². The lowest BCUT2D eigenvalue weighted by molar-refractivity contribution is -0.274. The van der Waals surface area contributed by atoms with Crippen LogP contribution in [0.15, 0.2) is 11.6 Å². The maximum absolute atomic E-state index is 12.3. The number of carboxylic acid groups (broad SMARTS) is 1. The van der Waals surface area contributed by atoms with Crippen molar-refractivity contribution in [2.75, 3.05) is 6.61 Å². The summed E-state index contributed by atoms with van der Waals surface area (Å²) >= 11 is 0. The maximum Gasteiger partial charge on any atom is 0.314 e. The molecule has 27 heavy (non-hydrogen) atoms. The Balaban J connectivity index is 1.67. The summed E-state index contributed by atoms with van der Waals surface area (Å²) in [6.07, 6.45) is 7.47. The second kappa shape index (κ2) is 6.15. The molecule has 2 unspecified atom stereocenters. The number of aliphatic hydroxyl groups is 1. The minimum atomic E-state index is -1.04. The number of fused-ring (bicyclic) bond motifs is 5. The van der Waals surface area contributed by atoms with Gasteiger partial charge in [0, 0.05) is 18.4 Å². The summed E-state index contributed by atoms with van der Waals surface area (Å²) in [5.74, 6) is -1.94. The Kier molecular flexibility index (Phi) is 4.36. The van der Waals surface area contributed by atoms with Gasteiger partial charge in [0.15, 0.2) is 11.6 Å². The number of carboxylic acids is 1. The second-order valence-corrected chi connectivity index (χ2v) is 9.71. The molecule has 7 atom stereocenters. The molecule has 0 spiro atoms. The predicted octanol–water partition coefficient (Wildman–Crippen LogP) is 3.55. The van der Waals surface area contributed by atoms with Crippen LogP contribution in [0, 0.1) is 34.5 Å². The van der Waals surface area contributed by atoms with Gasteiger partial charge in [0.05, 0.1) is 0 Å². The van der Waals surface area contributed by atoms with E-state index in [4.69, 9.17) is 4.74 Å². The molecule has 0 radical (unpaired) electrons. The van der Waals surface area contributed by atoms with Crippen LogP contribution in [0.4, 0.5) is 0 Å². The van der Waals surface area contributed by atoms with Crippen molar-refractivity contribution >= 4 is 11.8 Å². The van der Waals surface area contributed by atoms with E-state index in [1.165, 1.54) is 0 Å². The molecule has 0 aromatic carbocycles. The Hall–Kier alpha value is -1.20. The van der Waals surface area contributed by atoms with E-state index < -0.39 is 17.7 Å². The second-order valence-electron chi connectivity index (χ2n) is 9.71. The normalized spacial score (nSPS) is 49.0. The zero-order valence-electron chi connectivity index (χ0n) is 16.7. The highest BCUT2D eigenvalue weighted by Crippen LogP contribution is 2.67. The fourth-order valence-corrected chi connectivity index (χ4v) is 7.30. The van der Waals surface area contributed by atoms with Crippen LogP contribution < -0.4 is 0 Å². The summed E-state index contributed by atoms with van der Waals surface area (Å²) in [6, 6.07) is 0. The third-order valence-electron chi connectivity index (χ3n) is 8.78. The third kappa shape index (κ3) is 2.50. The molecule has 0 heterocycles. The Morgan fingerprint density at radius 2 is 1.93 bits per heavy atom. The molecular formula is C22H32O5. The van der Waals surface area contributed by atoms with Crippen molar-refractivity contribution in [1.29, 1.82) is 0 Å². The van der Waals surface area contributed by atoms with Crippen LogP contribution in [0.3, 0.4) is 0 Å². The van der Waals surface area contributed by atoms with E-state index in [1.54, 1.807) is 6.08 Å². The van der Waals surface area contributed by atoms with Gasteiger partial charge in [0.25, 0.3) is 0 Å². The topological polar surface area (TPSA) is 83.8 Å². The summed E-state index contributed by atoms with van der Waals surface area (Å²) in [5.41, 5.74) is 0.708. The molecule has 4 aliphatic rings. The molecule has 0 aliphatic heterocycles. The van der Waals surface area contributed by atoms with E-state index in [-0.39, 0.29) is 16.6 Å². The van der Waals surface area contributed by atoms with Crippen molar-refractivity contribution in [3.05, 3.63) is 11.6 Å². The fraction of sp³-hybridized carbons (Fsp3) is 0.818. The smallest absolute Gasteiger partial charge is 0.314 e. The van der Waals surface area contributed by atoms with E-state index >= 15 is 0 Å². The van der Waals surface area contributed by atoms with Crippen LogP contribution in [0.25, 0.3) is 0 Å². The van der Waals surface area contributed by atoms with Gasteiger partial charge in [-0.1, -0.05) is 19.4 Å². The quantitative estimate of drug-likeness (QED) is 0.581. The van der Waals surface area contributed by atoms with Gasteiger partial charge in [-0.2, -0.15) is 0 Å². The molecule has 0 aromatic heterocycles. The lowest BCUT2D eigenvalue weighted by atomic mass is 9.46. The number of ether oxygens (including phenoxy) is 1. The lowest BCUT2D eigenvalue weighted by Crippen LogP contribution is -2.56. The first-order valence-electron chi connectivity index (χ1n) is 10.5. The van der Waals surface area contributed by atoms with E-state index in [0.29, 0.717) is 37.2 Å². The molecule has 2 N–H and O–H groups in total. The van der Waals surface area contributed by atoms with Gasteiger partial charge in [0.2, 0.25) is 0 Å². The molecular weight excluding hydrogens is 344 g/mol. The number of carbonyl (C=O) groups excluding carboxylic acids is 1. The van der Waals surface area contributed by atoms with Crippen molar-refractivity contribution in [2.24, 2.45) is 34.5 Å². The summed E-state index contributed by atoms with van der Waals surface area (Å²) in [6.45, 7) is 6.82. The highest BCUT2D eigenvalue weighted by molar-refractivity contribution is 6.05. The Bertz CT molecular complexity index is 699. The van der Waals surface area contributed by atoms with Crippen molar-refractivity contribution < 1.29 is 24.5 Å². The van der Waals surface area contributed by atoms with E-state index in [1.807, 2.05) is 6.92 Å². The Labute approximate surface area is 161 Å². The van der Waals surface area contributed by atoms with Gasteiger partial charge < -0.3 is 14.9 Å². The molecule has 3 fully saturated rings. The van der Waals surface area contributed by atoms with Crippen LogP contribution in [0.1, 0.15) is 65.7 Å². The number of hydrogen-bond donors (Lipinski definition) is 2. The number of ketones is 1. The number of carbonyl (C=O) groups is 2. The highest BCUT2D eigenvalue weighted by atomic mass is 16.6. The van der Waals surface area contributed by atoms with Gasteiger partial charge >= 0.3 is 5.97 Å². The molecule has 3 saturated carbocycles. The first-order valence-corrected chi connectivity index (χ1v) is 10.5. The summed E-state index contributed by atoms with van der Waals surface area (Å²) in [5, 5.41) is 20.8. The Morgan fingerprint density at radius 1 is 1.22 bits per heavy atom. The minimum Gasteiger partial charge on any atom is -0.481 e. The van der Waals surface area contributed by atoms with E-state index in [0.717, 1.165) is 37.7 Å². The van der Waals surface area contributed by atoms with E-state index in [2.05, 4.69) is 13.8 Å². The monoisotopic (exact) mass is 376 g/mol. The molecule has 0 aromatic rings. The highest BCUT2D eigenvalue weighted by Gasteiger charge is 2.65. The number of hydrogen-bond acceptors (Lipinski definition) is 4. The molecule has 5 heteroatoms. The van der Waals surface area contributed by atoms with Gasteiger partial charge in [-0.3, -0.25) is 9.59 Å². The van der Waals surface area contributed by atoms with Gasteiger partial charge in [-0.25, -0.2) is 0 Å². The average Bonchev–Trinajstić information content (AvgIpc) is 2.86. The van der Waals surface area contributed by atoms with Crippen molar-refractivity contribution in [1.82, 2.24) is 0 Å². The SMILES string of the molecule is CCOC1(O)CC[C@H]2[C@@H]3CCC4=CC(=O)C(C(=O)O)C[C@]4(C)[C@@H]3CC[C@@]21C. The Morgan fingerprint density at radius 3 is 2.59 bits per heavy atom. The number of rotatable bonds is 3. The molecule has 5 nitrogen and oxygen atoms in total. The lowest BCUT2D eigenvalue weighted by Gasteiger charge is -2.59. The van der Waals surface area contributed by atoms with Crippen LogP contribution in [0.2, 0.25) is 0 Å². The zero-order valence-corrected chi connectivity index (χ0v) is 16.7. The molecule has 0 amide bonds. The number of allylic oxidation sites excluding steroid dienone is 1. The molecule has 4 aliphatic carbocycles. The fourth-order valence-electron chi connectivity index (χ4n) is 7.30. The van der Waals surface area contributed by atoms with E-state index in [9.17, 15) is 19.8 Å². The first kappa shape index (κ1) is 19.1. The van der Waals surface area contributed by atoms with Crippen molar-refractivity contribution in [3.8, 4) is 0 Å². The van der Waals surface area contributed by atoms with Crippen molar-refractivity contribution in [3.63, 3.8) is 0 Å². The zero-order chi connectivity index (χ0) is 19.6. The summed E-state index contributed by atoms with van der Waals surface area (Å²) < 4.78 is 5.86. The molecule has 0 bridgehead atoms. The van der Waals surface area contributed by atoms with Crippen LogP contribution in [-0.2, 0) is 14.3 Å². The molecule has 0 saturated heterocycles. The van der Waals surface area contributed by atoms with Crippen LogP contribution in [0.5, 0.6) is 0 Å². The maximum atomic E-state index is 12.3. The van der Waals surface area contributed by atoms with Crippen LogP contribution in [-0.4, -0.2) is 34.4 Å².